The fourth-order valence-electron chi connectivity index (χ4n) is 2.41. The number of hydrogen-bond donors (Lipinski definition) is 1. The Morgan fingerprint density at radius 1 is 1.28 bits per heavy atom. The van der Waals surface area contributed by atoms with Crippen LogP contribution in [-0.2, 0) is 13.2 Å². The van der Waals surface area contributed by atoms with Crippen LogP contribution in [0, 0.1) is 25.2 Å². The number of oxazole rings is 1. The Hall–Kier alpha value is -3.33. The lowest BCUT2D eigenvalue weighted by Gasteiger charge is -2.07. The first-order valence-corrected chi connectivity index (χ1v) is 7.88. The van der Waals surface area contributed by atoms with Gasteiger partial charge in [-0.05, 0) is 37.1 Å². The molecule has 0 aliphatic rings. The van der Waals surface area contributed by atoms with Gasteiger partial charge in [-0.25, -0.2) is 0 Å². The van der Waals surface area contributed by atoms with Crippen molar-refractivity contribution in [3.8, 4) is 11.8 Å². The molecule has 6 nitrogen and oxygen atoms in total. The average molecular weight is 334 g/mol. The van der Waals surface area contributed by atoms with Gasteiger partial charge in [0.05, 0.1) is 0 Å². The lowest BCUT2D eigenvalue weighted by atomic mass is 10.1. The maximum absolute atomic E-state index is 9.22. The Morgan fingerprint density at radius 2 is 2.16 bits per heavy atom. The third-order valence-electron chi connectivity index (χ3n) is 3.63. The molecule has 6 heteroatoms. The van der Waals surface area contributed by atoms with Gasteiger partial charge in [0.15, 0.2) is 6.61 Å². The molecule has 25 heavy (non-hydrogen) atoms. The summed E-state index contributed by atoms with van der Waals surface area (Å²) in [4.78, 5) is 8.22. The third-order valence-corrected chi connectivity index (χ3v) is 3.63. The van der Waals surface area contributed by atoms with E-state index in [0.29, 0.717) is 18.3 Å². The molecule has 2 heterocycles. The molecule has 1 aromatic carbocycles. The normalized spacial score (nSPS) is 10.3. The molecule has 0 amide bonds. The number of rotatable bonds is 6. The standard InChI is InChI=1S/C19H18N4O2/c1-13-5-6-17(14(2)8-13)24-12-18-23-16(9-20)19(25-18)22-11-15-4-3-7-21-10-15/h3-8,10,22H,11-12H2,1-2H3. The lowest BCUT2D eigenvalue weighted by Crippen LogP contribution is -2.00. The highest BCUT2D eigenvalue weighted by atomic mass is 16.5. The molecule has 0 aliphatic carbocycles. The van der Waals surface area contributed by atoms with E-state index in [2.05, 4.69) is 15.3 Å². The minimum atomic E-state index is 0.160. The summed E-state index contributed by atoms with van der Waals surface area (Å²) >= 11 is 0. The predicted molar refractivity (Wildman–Crippen MR) is 93.0 cm³/mol. The van der Waals surface area contributed by atoms with Gasteiger partial charge in [0.2, 0.25) is 17.5 Å². The van der Waals surface area contributed by atoms with Gasteiger partial charge in [-0.15, -0.1) is 0 Å². The molecule has 0 saturated heterocycles. The van der Waals surface area contributed by atoms with Crippen LogP contribution >= 0.6 is 0 Å². The van der Waals surface area contributed by atoms with Crippen molar-refractivity contribution in [1.82, 2.24) is 9.97 Å². The molecule has 3 aromatic rings. The van der Waals surface area contributed by atoms with E-state index in [4.69, 9.17) is 9.15 Å². The Bertz CT molecular complexity index is 898. The highest BCUT2D eigenvalue weighted by Gasteiger charge is 2.13. The Morgan fingerprint density at radius 3 is 2.88 bits per heavy atom. The van der Waals surface area contributed by atoms with E-state index in [1.54, 1.807) is 12.4 Å². The van der Waals surface area contributed by atoms with Crippen molar-refractivity contribution in [3.63, 3.8) is 0 Å². The van der Waals surface area contributed by atoms with Gasteiger partial charge >= 0.3 is 0 Å². The lowest BCUT2D eigenvalue weighted by molar-refractivity contribution is 0.263. The van der Waals surface area contributed by atoms with Gasteiger partial charge in [-0.3, -0.25) is 4.98 Å². The molecular formula is C19H18N4O2. The summed E-state index contributed by atoms with van der Waals surface area (Å²) in [5, 5.41) is 12.3. The SMILES string of the molecule is Cc1ccc(OCc2nc(C#N)c(NCc3cccnc3)o2)c(C)c1. The smallest absolute Gasteiger partial charge is 0.236 e. The molecule has 0 saturated carbocycles. The number of pyridine rings is 1. The second kappa shape index (κ2) is 7.49. The van der Waals surface area contributed by atoms with Crippen LogP contribution in [0.1, 0.15) is 28.3 Å². The largest absolute Gasteiger partial charge is 0.484 e. The Labute approximate surface area is 146 Å². The van der Waals surface area contributed by atoms with E-state index in [-0.39, 0.29) is 12.3 Å². The van der Waals surface area contributed by atoms with Crippen LogP contribution in [-0.4, -0.2) is 9.97 Å². The zero-order valence-corrected chi connectivity index (χ0v) is 14.1. The van der Waals surface area contributed by atoms with Crippen molar-refractivity contribution in [3.05, 3.63) is 71.0 Å². The van der Waals surface area contributed by atoms with Crippen molar-refractivity contribution in [2.75, 3.05) is 5.32 Å². The Balaban J connectivity index is 1.67. The first-order chi connectivity index (χ1) is 12.2. The second-order valence-electron chi connectivity index (χ2n) is 5.67. The number of ether oxygens (including phenoxy) is 1. The number of nitrogens with one attached hydrogen (secondary N) is 1. The third kappa shape index (κ3) is 4.15. The number of nitriles is 1. The molecule has 126 valence electrons. The maximum atomic E-state index is 9.22. The quantitative estimate of drug-likeness (QED) is 0.739. The van der Waals surface area contributed by atoms with E-state index >= 15 is 0 Å². The van der Waals surface area contributed by atoms with E-state index in [1.165, 1.54) is 5.56 Å². The molecular weight excluding hydrogens is 316 g/mol. The summed E-state index contributed by atoms with van der Waals surface area (Å²) in [7, 11) is 0. The molecule has 0 spiro atoms. The van der Waals surface area contributed by atoms with Crippen molar-refractivity contribution in [2.24, 2.45) is 0 Å². The number of benzene rings is 1. The minimum Gasteiger partial charge on any atom is -0.484 e. The van der Waals surface area contributed by atoms with Crippen molar-refractivity contribution >= 4 is 5.88 Å². The van der Waals surface area contributed by atoms with Gasteiger partial charge in [0.25, 0.3) is 0 Å². The second-order valence-corrected chi connectivity index (χ2v) is 5.67. The monoisotopic (exact) mass is 334 g/mol. The number of anilines is 1. The van der Waals surface area contributed by atoms with E-state index < -0.39 is 0 Å². The van der Waals surface area contributed by atoms with Crippen molar-refractivity contribution in [1.29, 1.82) is 5.26 Å². The van der Waals surface area contributed by atoms with Crippen LogP contribution in [0.5, 0.6) is 5.75 Å². The zero-order valence-electron chi connectivity index (χ0n) is 14.1. The molecule has 2 aromatic heterocycles. The first-order valence-electron chi connectivity index (χ1n) is 7.88. The van der Waals surface area contributed by atoms with Gasteiger partial charge in [-0.2, -0.15) is 10.2 Å². The molecule has 0 aliphatic heterocycles. The fourth-order valence-corrected chi connectivity index (χ4v) is 2.41. The molecule has 3 rings (SSSR count). The van der Waals surface area contributed by atoms with Crippen molar-refractivity contribution in [2.45, 2.75) is 27.0 Å². The maximum Gasteiger partial charge on any atom is 0.236 e. The van der Waals surface area contributed by atoms with Gasteiger partial charge in [0, 0.05) is 18.9 Å². The first kappa shape index (κ1) is 16.5. The van der Waals surface area contributed by atoms with Crippen LogP contribution in [0.3, 0.4) is 0 Å². The topological polar surface area (TPSA) is 84.0 Å². The molecule has 0 fully saturated rings. The molecule has 0 atom stereocenters. The summed E-state index contributed by atoms with van der Waals surface area (Å²) in [6.45, 7) is 4.67. The summed E-state index contributed by atoms with van der Waals surface area (Å²) in [5.74, 6) is 1.46. The van der Waals surface area contributed by atoms with Gasteiger partial charge < -0.3 is 14.5 Å². The highest BCUT2D eigenvalue weighted by molar-refractivity contribution is 5.45. The number of nitrogens with zero attached hydrogens (tertiary/aromatic N) is 3. The summed E-state index contributed by atoms with van der Waals surface area (Å²) in [6, 6.07) is 11.8. The minimum absolute atomic E-state index is 0.160. The molecule has 1 N–H and O–H groups in total. The molecule has 0 unspecified atom stereocenters. The summed E-state index contributed by atoms with van der Waals surface area (Å²) in [5.41, 5.74) is 3.41. The Kier molecular flexibility index (Phi) is 4.95. The fraction of sp³-hybridized carbons (Fsp3) is 0.211. The van der Waals surface area contributed by atoms with Crippen LogP contribution in [0.25, 0.3) is 0 Å². The average Bonchev–Trinajstić information content (AvgIpc) is 3.02. The molecule has 0 bridgehead atoms. The van der Waals surface area contributed by atoms with Gasteiger partial charge in [0.1, 0.15) is 11.8 Å². The number of hydrogen-bond acceptors (Lipinski definition) is 6. The van der Waals surface area contributed by atoms with E-state index in [9.17, 15) is 5.26 Å². The number of aromatic nitrogens is 2. The molecule has 0 radical (unpaired) electrons. The van der Waals surface area contributed by atoms with E-state index in [0.717, 1.165) is 16.9 Å². The summed E-state index contributed by atoms with van der Waals surface area (Å²) in [6.07, 6.45) is 3.46. The summed E-state index contributed by atoms with van der Waals surface area (Å²) < 4.78 is 11.4. The van der Waals surface area contributed by atoms with Crippen LogP contribution < -0.4 is 10.1 Å². The van der Waals surface area contributed by atoms with Crippen molar-refractivity contribution < 1.29 is 9.15 Å². The van der Waals surface area contributed by atoms with E-state index in [1.807, 2.05) is 50.2 Å². The number of aryl methyl sites for hydroxylation is 2. The van der Waals surface area contributed by atoms with Crippen LogP contribution in [0.4, 0.5) is 5.88 Å². The highest BCUT2D eigenvalue weighted by Crippen LogP contribution is 2.22. The zero-order chi connectivity index (χ0) is 17.6. The van der Waals surface area contributed by atoms with Crippen LogP contribution in [0.2, 0.25) is 0 Å². The van der Waals surface area contributed by atoms with Gasteiger partial charge in [-0.1, -0.05) is 23.8 Å². The van der Waals surface area contributed by atoms with Crippen LogP contribution in [0.15, 0.2) is 47.1 Å². The predicted octanol–water partition coefficient (Wildman–Crippen LogP) is 3.75.